The molecule has 0 aromatic rings. The Labute approximate surface area is 82.8 Å². The standard InChI is InChI=1S/C4H10O.2Al.3O/c1-2-3-4-5;;;;;/h5H,2-4H2,1H3;;;;;/q;2*+3;3*-2. The third-order valence-electron chi connectivity index (χ3n) is 0.512. The van der Waals surface area contributed by atoms with Crippen molar-refractivity contribution in [2.45, 2.75) is 19.8 Å². The molecule has 0 unspecified atom stereocenters. The van der Waals surface area contributed by atoms with E-state index in [1.54, 1.807) is 0 Å². The molecule has 0 rings (SSSR count). The molecule has 0 aliphatic carbocycles. The van der Waals surface area contributed by atoms with Gasteiger partial charge in [-0.15, -0.1) is 0 Å². The molecule has 0 spiro atoms. The van der Waals surface area contributed by atoms with Crippen LogP contribution >= 0.6 is 0 Å². The summed E-state index contributed by atoms with van der Waals surface area (Å²) in [5, 5.41) is 8.07. The molecule has 10 heavy (non-hydrogen) atoms. The fraction of sp³-hybridized carbons (Fsp3) is 1.00. The predicted octanol–water partition coefficient (Wildman–Crippen LogP) is -0.339. The first kappa shape index (κ1) is 44.5. The third-order valence-corrected chi connectivity index (χ3v) is 0.512. The third kappa shape index (κ3) is 65.9. The molecule has 0 aromatic heterocycles. The van der Waals surface area contributed by atoms with Gasteiger partial charge in [-0.1, -0.05) is 13.3 Å². The van der Waals surface area contributed by atoms with Crippen molar-refractivity contribution in [1.82, 2.24) is 0 Å². The number of unbranched alkanes of at least 4 members (excludes halogenated alkanes) is 1. The Bertz CT molecular complexity index is 22.7. The van der Waals surface area contributed by atoms with Crippen molar-refractivity contribution in [3.05, 3.63) is 0 Å². The van der Waals surface area contributed by atoms with Crippen molar-refractivity contribution >= 4 is 34.7 Å². The quantitative estimate of drug-likeness (QED) is 0.571. The number of aliphatic hydroxyl groups excluding tert-OH is 1. The SMILES string of the molecule is CCCCO.[Al+3].[Al+3].[O-2].[O-2].[O-2]. The van der Waals surface area contributed by atoms with Gasteiger partial charge in [-0.05, 0) is 6.42 Å². The second-order valence-corrected chi connectivity index (χ2v) is 1.08. The Morgan fingerprint density at radius 3 is 1.30 bits per heavy atom. The smallest absolute Gasteiger partial charge is 2.00 e. The van der Waals surface area contributed by atoms with E-state index in [0.29, 0.717) is 6.61 Å². The summed E-state index contributed by atoms with van der Waals surface area (Å²) in [5.41, 5.74) is 0. The second kappa shape index (κ2) is 51.5. The molecule has 0 saturated heterocycles. The van der Waals surface area contributed by atoms with E-state index < -0.39 is 0 Å². The molecule has 0 fully saturated rings. The van der Waals surface area contributed by atoms with Gasteiger partial charge in [0.1, 0.15) is 0 Å². The van der Waals surface area contributed by atoms with Crippen molar-refractivity contribution in [1.29, 1.82) is 0 Å². The summed E-state index contributed by atoms with van der Waals surface area (Å²) in [6.07, 6.45) is 2.04. The Morgan fingerprint density at radius 2 is 1.30 bits per heavy atom. The van der Waals surface area contributed by atoms with Gasteiger partial charge in [-0.2, -0.15) is 0 Å². The van der Waals surface area contributed by atoms with Gasteiger partial charge in [0.2, 0.25) is 0 Å². The molecule has 0 atom stereocenters. The van der Waals surface area contributed by atoms with E-state index in [9.17, 15) is 0 Å². The minimum Gasteiger partial charge on any atom is -2.00 e. The monoisotopic (exact) mass is 176 g/mol. The van der Waals surface area contributed by atoms with Crippen molar-refractivity contribution in [2.24, 2.45) is 0 Å². The van der Waals surface area contributed by atoms with E-state index in [-0.39, 0.29) is 51.2 Å². The first-order valence-electron chi connectivity index (χ1n) is 2.02. The molecule has 1 N–H and O–H groups in total. The first-order chi connectivity index (χ1) is 2.41. The molecule has 56 valence electrons. The average molecular weight is 176 g/mol. The number of aliphatic hydroxyl groups is 1. The van der Waals surface area contributed by atoms with Crippen LogP contribution in [0.4, 0.5) is 0 Å². The minimum absolute atomic E-state index is 0. The molecule has 0 amide bonds. The molecule has 0 saturated carbocycles. The van der Waals surface area contributed by atoms with E-state index in [2.05, 4.69) is 6.92 Å². The molecule has 0 aliphatic heterocycles. The number of hydrogen-bond acceptors (Lipinski definition) is 1. The van der Waals surface area contributed by atoms with Crippen LogP contribution in [0.3, 0.4) is 0 Å². The van der Waals surface area contributed by atoms with Gasteiger partial charge >= 0.3 is 34.7 Å². The molecule has 4 nitrogen and oxygen atoms in total. The summed E-state index contributed by atoms with van der Waals surface area (Å²) in [7, 11) is 0. The maximum atomic E-state index is 8.07. The molecular formula is C4H10Al2O4. The van der Waals surface area contributed by atoms with E-state index in [1.807, 2.05) is 0 Å². The largest absolute Gasteiger partial charge is 3.00 e. The van der Waals surface area contributed by atoms with Crippen LogP contribution in [0.2, 0.25) is 0 Å². The van der Waals surface area contributed by atoms with Crippen LogP contribution in [0.25, 0.3) is 0 Å². The maximum Gasteiger partial charge on any atom is 3.00 e. The fourth-order valence-electron chi connectivity index (χ4n) is 0.158. The zero-order valence-corrected chi connectivity index (χ0v) is 8.26. The molecule has 0 radical (unpaired) electrons. The molecule has 0 aliphatic rings. The zero-order chi connectivity index (χ0) is 4.12. The van der Waals surface area contributed by atoms with Crippen LogP contribution in [0, 0.1) is 0 Å². The summed E-state index contributed by atoms with van der Waals surface area (Å²) in [6.45, 7) is 2.40. The van der Waals surface area contributed by atoms with E-state index in [1.165, 1.54) is 0 Å². The van der Waals surface area contributed by atoms with Crippen LogP contribution in [0.15, 0.2) is 0 Å². The predicted molar refractivity (Wildman–Crippen MR) is 35.6 cm³/mol. The molecule has 0 bridgehead atoms. The van der Waals surface area contributed by atoms with Crippen LogP contribution in [0.1, 0.15) is 19.8 Å². The topological polar surface area (TPSA) is 106 Å². The Hall–Kier alpha value is 0.905. The van der Waals surface area contributed by atoms with Gasteiger partial charge in [0.15, 0.2) is 0 Å². The van der Waals surface area contributed by atoms with Gasteiger partial charge in [-0.3, -0.25) is 0 Å². The summed E-state index contributed by atoms with van der Waals surface area (Å²) < 4.78 is 0. The summed E-state index contributed by atoms with van der Waals surface area (Å²) in [6, 6.07) is 0. The fourth-order valence-corrected chi connectivity index (χ4v) is 0.158. The van der Waals surface area contributed by atoms with Gasteiger partial charge in [0, 0.05) is 6.61 Å². The van der Waals surface area contributed by atoms with Crippen molar-refractivity contribution < 1.29 is 21.5 Å². The summed E-state index contributed by atoms with van der Waals surface area (Å²) in [5.74, 6) is 0. The minimum atomic E-state index is 0. The number of hydrogen-bond donors (Lipinski definition) is 1. The van der Waals surface area contributed by atoms with Crippen molar-refractivity contribution in [3.8, 4) is 0 Å². The normalized spacial score (nSPS) is 4.20. The van der Waals surface area contributed by atoms with Crippen molar-refractivity contribution in [3.63, 3.8) is 0 Å². The summed E-state index contributed by atoms with van der Waals surface area (Å²) >= 11 is 0. The van der Waals surface area contributed by atoms with Gasteiger partial charge in [0.25, 0.3) is 0 Å². The first-order valence-corrected chi connectivity index (χ1v) is 2.02. The van der Waals surface area contributed by atoms with Crippen LogP contribution in [-0.2, 0) is 16.4 Å². The van der Waals surface area contributed by atoms with Crippen LogP contribution in [0.5, 0.6) is 0 Å². The van der Waals surface area contributed by atoms with E-state index in [0.717, 1.165) is 12.8 Å². The van der Waals surface area contributed by atoms with E-state index in [4.69, 9.17) is 5.11 Å². The van der Waals surface area contributed by atoms with Crippen LogP contribution in [-0.4, -0.2) is 46.4 Å². The maximum absolute atomic E-state index is 8.07. The Balaban J connectivity index is -0.00000000800. The number of rotatable bonds is 2. The van der Waals surface area contributed by atoms with E-state index >= 15 is 0 Å². The van der Waals surface area contributed by atoms with Crippen molar-refractivity contribution in [2.75, 3.05) is 6.61 Å². The Kier molecular flexibility index (Phi) is 229. The molecule has 0 heterocycles. The Morgan fingerprint density at radius 1 is 1.00 bits per heavy atom. The molecule has 6 heteroatoms. The molecule has 0 aromatic carbocycles. The average Bonchev–Trinajstić information content (AvgIpc) is 1.41. The molecular weight excluding hydrogens is 166 g/mol. The summed E-state index contributed by atoms with van der Waals surface area (Å²) in [4.78, 5) is 0. The van der Waals surface area contributed by atoms with Gasteiger partial charge in [-0.25, -0.2) is 0 Å². The van der Waals surface area contributed by atoms with Gasteiger partial charge in [0.05, 0.1) is 0 Å². The second-order valence-electron chi connectivity index (χ2n) is 1.08. The van der Waals surface area contributed by atoms with Gasteiger partial charge < -0.3 is 21.5 Å². The van der Waals surface area contributed by atoms with Crippen LogP contribution < -0.4 is 0 Å². The zero-order valence-electron chi connectivity index (χ0n) is 5.95.